The van der Waals surface area contributed by atoms with Gasteiger partial charge in [0.25, 0.3) is 0 Å². The third-order valence-electron chi connectivity index (χ3n) is 3.30. The van der Waals surface area contributed by atoms with Crippen molar-refractivity contribution in [2.24, 2.45) is 0 Å². The number of nitro groups is 1. The molecule has 0 atom stereocenters. The highest BCUT2D eigenvalue weighted by atomic mass is 16.7. The first-order chi connectivity index (χ1) is 11.7. The Morgan fingerprint density at radius 1 is 1.21 bits per heavy atom. The summed E-state index contributed by atoms with van der Waals surface area (Å²) in [5.74, 6) is 0.983. The summed E-state index contributed by atoms with van der Waals surface area (Å²) in [6.45, 7) is 1.12. The number of hydrogen-bond donors (Lipinski definition) is 0. The summed E-state index contributed by atoms with van der Waals surface area (Å²) in [6, 6.07) is 8.08. The molecule has 8 heteroatoms. The standard InChI is InChI=1S/C16H15NO7/c1-20-14-10-11(16-22-8-9-23-16)2-4-13(14)21-7-6-12-3-5-15(24-12)17(18)19/h2-7,10,16H,8-9H2,1H3/b7-6+. The van der Waals surface area contributed by atoms with Crippen LogP contribution in [0.5, 0.6) is 11.5 Å². The Hall–Kier alpha value is -2.84. The molecule has 0 aliphatic carbocycles. The third-order valence-corrected chi connectivity index (χ3v) is 3.30. The van der Waals surface area contributed by atoms with Crippen molar-refractivity contribution in [2.45, 2.75) is 6.29 Å². The predicted octanol–water partition coefficient (Wildman–Crippen LogP) is 3.29. The van der Waals surface area contributed by atoms with Crippen LogP contribution in [-0.2, 0) is 9.47 Å². The van der Waals surface area contributed by atoms with E-state index in [1.807, 2.05) is 6.07 Å². The molecule has 1 fully saturated rings. The molecule has 1 aromatic carbocycles. The van der Waals surface area contributed by atoms with Crippen LogP contribution in [0.1, 0.15) is 17.6 Å². The molecular formula is C16H15NO7. The van der Waals surface area contributed by atoms with Gasteiger partial charge in [-0.3, -0.25) is 10.1 Å². The molecule has 0 amide bonds. The molecule has 126 valence electrons. The Balaban J connectivity index is 1.69. The van der Waals surface area contributed by atoms with Crippen LogP contribution in [0.2, 0.25) is 0 Å². The highest BCUT2D eigenvalue weighted by Gasteiger charge is 2.20. The first-order valence-corrected chi connectivity index (χ1v) is 7.16. The summed E-state index contributed by atoms with van der Waals surface area (Å²) in [5.41, 5.74) is 0.835. The molecule has 0 N–H and O–H groups in total. The quantitative estimate of drug-likeness (QED) is 0.455. The zero-order valence-electron chi connectivity index (χ0n) is 12.8. The first kappa shape index (κ1) is 16.0. The Morgan fingerprint density at radius 3 is 2.67 bits per heavy atom. The lowest BCUT2D eigenvalue weighted by Gasteiger charge is -2.13. The smallest absolute Gasteiger partial charge is 0.433 e. The summed E-state index contributed by atoms with van der Waals surface area (Å²) in [7, 11) is 1.53. The van der Waals surface area contributed by atoms with Gasteiger partial charge < -0.3 is 23.4 Å². The second-order valence-corrected chi connectivity index (χ2v) is 4.84. The molecule has 8 nitrogen and oxygen atoms in total. The van der Waals surface area contributed by atoms with Gasteiger partial charge >= 0.3 is 5.88 Å². The molecule has 0 saturated carbocycles. The molecule has 1 saturated heterocycles. The van der Waals surface area contributed by atoms with Crippen LogP contribution in [0.25, 0.3) is 6.08 Å². The monoisotopic (exact) mass is 333 g/mol. The van der Waals surface area contributed by atoms with Crippen molar-refractivity contribution in [3.8, 4) is 11.5 Å². The number of nitrogens with zero attached hydrogens (tertiary/aromatic N) is 1. The molecule has 1 aliphatic rings. The second-order valence-electron chi connectivity index (χ2n) is 4.84. The minimum absolute atomic E-state index is 0.310. The Bertz CT molecular complexity index is 747. The molecule has 0 radical (unpaired) electrons. The van der Waals surface area contributed by atoms with Crippen molar-refractivity contribution in [3.05, 3.63) is 58.0 Å². The van der Waals surface area contributed by atoms with Crippen LogP contribution in [-0.4, -0.2) is 25.2 Å². The molecule has 1 aromatic heterocycles. The van der Waals surface area contributed by atoms with Crippen molar-refractivity contribution in [2.75, 3.05) is 20.3 Å². The van der Waals surface area contributed by atoms with Crippen molar-refractivity contribution in [1.82, 2.24) is 0 Å². The van der Waals surface area contributed by atoms with Crippen molar-refractivity contribution >= 4 is 12.0 Å². The van der Waals surface area contributed by atoms with E-state index in [0.29, 0.717) is 30.5 Å². The van der Waals surface area contributed by atoms with E-state index in [4.69, 9.17) is 23.4 Å². The van der Waals surface area contributed by atoms with Crippen LogP contribution >= 0.6 is 0 Å². The lowest BCUT2D eigenvalue weighted by molar-refractivity contribution is -0.402. The highest BCUT2D eigenvalue weighted by molar-refractivity contribution is 5.47. The highest BCUT2D eigenvalue weighted by Crippen LogP contribution is 2.33. The van der Waals surface area contributed by atoms with Crippen molar-refractivity contribution in [1.29, 1.82) is 0 Å². The van der Waals surface area contributed by atoms with E-state index in [2.05, 4.69) is 0 Å². The maximum absolute atomic E-state index is 10.6. The average molecular weight is 333 g/mol. The average Bonchev–Trinajstić information content (AvgIpc) is 3.27. The molecule has 24 heavy (non-hydrogen) atoms. The van der Waals surface area contributed by atoms with E-state index in [0.717, 1.165) is 5.56 Å². The van der Waals surface area contributed by atoms with Gasteiger partial charge in [0.1, 0.15) is 10.7 Å². The minimum atomic E-state index is -0.604. The SMILES string of the molecule is COc1cc(C2OCCO2)ccc1O/C=C/c1ccc([N+](=O)[O-])o1. The molecule has 0 spiro atoms. The van der Waals surface area contributed by atoms with E-state index in [9.17, 15) is 10.1 Å². The maximum Gasteiger partial charge on any atom is 0.433 e. The van der Waals surface area contributed by atoms with E-state index >= 15 is 0 Å². The molecule has 0 bridgehead atoms. The zero-order chi connectivity index (χ0) is 16.9. The van der Waals surface area contributed by atoms with Gasteiger partial charge in [0.05, 0.1) is 32.7 Å². The largest absolute Gasteiger partial charge is 0.493 e. The van der Waals surface area contributed by atoms with Crippen LogP contribution in [0.3, 0.4) is 0 Å². The topological polar surface area (TPSA) is 93.2 Å². The normalized spacial score (nSPS) is 15.0. The summed E-state index contributed by atoms with van der Waals surface area (Å²) in [5, 5.41) is 10.6. The fraction of sp³-hybridized carbons (Fsp3) is 0.250. The van der Waals surface area contributed by atoms with E-state index < -0.39 is 11.2 Å². The van der Waals surface area contributed by atoms with Gasteiger partial charge in [0, 0.05) is 11.6 Å². The van der Waals surface area contributed by atoms with Gasteiger partial charge in [-0.05, 0) is 24.3 Å². The number of rotatable bonds is 6. The van der Waals surface area contributed by atoms with Gasteiger partial charge in [-0.2, -0.15) is 0 Å². The summed E-state index contributed by atoms with van der Waals surface area (Å²) in [6.07, 6.45) is 2.44. The number of furan rings is 1. The van der Waals surface area contributed by atoms with Crippen molar-refractivity contribution < 1.29 is 28.3 Å². The van der Waals surface area contributed by atoms with Crippen LogP contribution in [0.4, 0.5) is 5.88 Å². The molecule has 0 unspecified atom stereocenters. The van der Waals surface area contributed by atoms with Gasteiger partial charge in [0.15, 0.2) is 17.8 Å². The fourth-order valence-corrected chi connectivity index (χ4v) is 2.18. The number of methoxy groups -OCH3 is 1. The van der Waals surface area contributed by atoms with E-state index in [1.54, 1.807) is 12.1 Å². The van der Waals surface area contributed by atoms with E-state index in [-0.39, 0.29) is 5.88 Å². The lowest BCUT2D eigenvalue weighted by Crippen LogP contribution is -1.99. The van der Waals surface area contributed by atoms with Gasteiger partial charge in [0.2, 0.25) is 0 Å². The minimum Gasteiger partial charge on any atom is -0.493 e. The molecule has 2 aromatic rings. The first-order valence-electron chi connectivity index (χ1n) is 7.16. The summed E-state index contributed by atoms with van der Waals surface area (Å²) >= 11 is 0. The summed E-state index contributed by atoms with van der Waals surface area (Å²) in [4.78, 5) is 9.95. The Morgan fingerprint density at radius 2 is 2.00 bits per heavy atom. The van der Waals surface area contributed by atoms with Gasteiger partial charge in [-0.15, -0.1) is 0 Å². The van der Waals surface area contributed by atoms with Crippen LogP contribution in [0, 0.1) is 10.1 Å². The third kappa shape index (κ3) is 3.55. The van der Waals surface area contributed by atoms with Gasteiger partial charge in [-0.25, -0.2) is 0 Å². The Kier molecular flexibility index (Phi) is 4.78. The summed E-state index contributed by atoms with van der Waals surface area (Å²) < 4.78 is 26.7. The van der Waals surface area contributed by atoms with Gasteiger partial charge in [-0.1, -0.05) is 0 Å². The number of ether oxygens (including phenoxy) is 4. The zero-order valence-corrected chi connectivity index (χ0v) is 12.8. The van der Waals surface area contributed by atoms with E-state index in [1.165, 1.54) is 31.6 Å². The lowest BCUT2D eigenvalue weighted by atomic mass is 10.2. The molecule has 2 heterocycles. The van der Waals surface area contributed by atoms with Crippen LogP contribution in [0.15, 0.2) is 41.0 Å². The fourth-order valence-electron chi connectivity index (χ4n) is 2.18. The number of hydrogen-bond acceptors (Lipinski definition) is 7. The maximum atomic E-state index is 10.6. The molecular weight excluding hydrogens is 318 g/mol. The molecule has 3 rings (SSSR count). The number of benzene rings is 1. The van der Waals surface area contributed by atoms with Crippen molar-refractivity contribution in [3.63, 3.8) is 0 Å². The second kappa shape index (κ2) is 7.16. The predicted molar refractivity (Wildman–Crippen MR) is 82.7 cm³/mol. The molecule has 1 aliphatic heterocycles. The van der Waals surface area contributed by atoms with Crippen LogP contribution < -0.4 is 9.47 Å². The Labute approximate surface area is 137 Å².